The highest BCUT2D eigenvalue weighted by molar-refractivity contribution is 6.74. The summed E-state index contributed by atoms with van der Waals surface area (Å²) in [5.41, 5.74) is -0.0745. The van der Waals surface area contributed by atoms with Gasteiger partial charge in [-0.3, -0.25) is 4.79 Å². The minimum Gasteiger partial charge on any atom is -0.418 e. The second-order valence-corrected chi connectivity index (χ2v) is 10.0. The summed E-state index contributed by atoms with van der Waals surface area (Å²) in [6.45, 7) is 6.29. The summed E-state index contributed by atoms with van der Waals surface area (Å²) in [6, 6.07) is 0. The Bertz CT molecular complexity index is 371. The van der Waals surface area contributed by atoms with Crippen molar-refractivity contribution in [3.05, 3.63) is 0 Å². The molecule has 0 aromatic carbocycles. The quantitative estimate of drug-likeness (QED) is 0.538. The number of alkyl halides is 6. The minimum atomic E-state index is -5.67. The molecular weight excluding hydrogens is 332 g/mol. The number of hydrogen-bond donors (Lipinski definition) is 0. The highest BCUT2D eigenvalue weighted by Crippen LogP contribution is 2.40. The smallest absolute Gasteiger partial charge is 0.409 e. The SMILES string of the molecule is CCN(C[Si](C)(OC)C(C)C)C(=O)C(C(F)(F)F)C(F)(F)F. The Morgan fingerprint density at radius 2 is 1.55 bits per heavy atom. The highest BCUT2D eigenvalue weighted by atomic mass is 28.4. The number of carbonyl (C=O) groups excluding carboxylic acids is 1. The van der Waals surface area contributed by atoms with Crippen molar-refractivity contribution in [2.45, 2.75) is 45.2 Å². The maximum absolute atomic E-state index is 12.6. The highest BCUT2D eigenvalue weighted by Gasteiger charge is 2.62. The molecule has 0 aromatic rings. The fourth-order valence-electron chi connectivity index (χ4n) is 1.86. The number of carbonyl (C=O) groups is 1. The molecular formula is C12H21F6NO2Si. The first kappa shape index (κ1) is 21.2. The summed E-state index contributed by atoms with van der Waals surface area (Å²) in [5.74, 6) is -5.97. The fourth-order valence-corrected chi connectivity index (χ4v) is 3.96. The fraction of sp³-hybridized carbons (Fsp3) is 0.917. The van der Waals surface area contributed by atoms with E-state index in [1.54, 1.807) is 20.4 Å². The van der Waals surface area contributed by atoms with Crippen LogP contribution in [0.3, 0.4) is 0 Å². The average molecular weight is 353 g/mol. The van der Waals surface area contributed by atoms with Crippen LogP contribution in [0.4, 0.5) is 26.3 Å². The van der Waals surface area contributed by atoms with Crippen molar-refractivity contribution >= 4 is 14.2 Å². The van der Waals surface area contributed by atoms with Gasteiger partial charge >= 0.3 is 12.4 Å². The molecule has 0 saturated carbocycles. The topological polar surface area (TPSA) is 29.5 Å². The first-order valence-electron chi connectivity index (χ1n) is 6.68. The molecule has 1 unspecified atom stereocenters. The third kappa shape index (κ3) is 5.15. The third-order valence-electron chi connectivity index (χ3n) is 3.79. The van der Waals surface area contributed by atoms with Crippen LogP contribution in [0.25, 0.3) is 0 Å². The van der Waals surface area contributed by atoms with Gasteiger partial charge in [-0.2, -0.15) is 26.3 Å². The second kappa shape index (κ2) is 7.20. The van der Waals surface area contributed by atoms with Gasteiger partial charge in [-0.25, -0.2) is 0 Å². The van der Waals surface area contributed by atoms with Crippen LogP contribution in [0.2, 0.25) is 12.1 Å². The van der Waals surface area contributed by atoms with E-state index in [9.17, 15) is 31.1 Å². The van der Waals surface area contributed by atoms with Gasteiger partial charge < -0.3 is 9.33 Å². The maximum Gasteiger partial charge on any atom is 0.409 e. The summed E-state index contributed by atoms with van der Waals surface area (Å²) < 4.78 is 81.2. The van der Waals surface area contributed by atoms with E-state index in [0.29, 0.717) is 4.90 Å². The van der Waals surface area contributed by atoms with E-state index < -0.39 is 32.5 Å². The zero-order chi connectivity index (χ0) is 17.9. The van der Waals surface area contributed by atoms with Gasteiger partial charge in [0.15, 0.2) is 0 Å². The van der Waals surface area contributed by atoms with Crippen LogP contribution in [0.5, 0.6) is 0 Å². The molecule has 0 fully saturated rings. The van der Waals surface area contributed by atoms with E-state index in [1.807, 2.05) is 0 Å². The first-order chi connectivity index (χ1) is 9.70. The van der Waals surface area contributed by atoms with E-state index in [-0.39, 0.29) is 18.3 Å². The average Bonchev–Trinajstić information content (AvgIpc) is 2.31. The van der Waals surface area contributed by atoms with Crippen molar-refractivity contribution in [2.24, 2.45) is 5.92 Å². The standard InChI is InChI=1S/C12H21F6NO2Si/c1-6-19(7-22(5,21-4)8(2)3)10(20)9(11(13,14)15)12(16,17)18/h8-9H,6-7H2,1-5H3. The van der Waals surface area contributed by atoms with Crippen LogP contribution in [-0.4, -0.2) is 51.3 Å². The number of nitrogens with zero attached hydrogens (tertiary/aromatic N) is 1. The number of halogens is 6. The van der Waals surface area contributed by atoms with Crippen LogP contribution in [0, 0.1) is 5.92 Å². The van der Waals surface area contributed by atoms with Gasteiger partial charge in [-0.1, -0.05) is 13.8 Å². The molecule has 0 saturated heterocycles. The Morgan fingerprint density at radius 1 is 1.14 bits per heavy atom. The molecule has 22 heavy (non-hydrogen) atoms. The molecule has 0 heterocycles. The molecule has 10 heteroatoms. The first-order valence-corrected chi connectivity index (χ1v) is 9.37. The van der Waals surface area contributed by atoms with E-state index in [0.717, 1.165) is 0 Å². The Kier molecular flexibility index (Phi) is 6.95. The van der Waals surface area contributed by atoms with Crippen LogP contribution in [0.15, 0.2) is 0 Å². The lowest BCUT2D eigenvalue weighted by Gasteiger charge is -2.36. The largest absolute Gasteiger partial charge is 0.418 e. The van der Waals surface area contributed by atoms with Crippen molar-refractivity contribution in [2.75, 3.05) is 19.8 Å². The van der Waals surface area contributed by atoms with Crippen LogP contribution >= 0.6 is 0 Å². The Balaban J connectivity index is 5.51. The Labute approximate surface area is 126 Å². The Hall–Kier alpha value is -0.773. The minimum absolute atomic E-state index is 0.0745. The number of rotatable bonds is 6. The second-order valence-electron chi connectivity index (χ2n) is 5.54. The molecule has 1 amide bonds. The van der Waals surface area contributed by atoms with Crippen LogP contribution in [0.1, 0.15) is 20.8 Å². The summed E-state index contributed by atoms with van der Waals surface area (Å²) in [4.78, 5) is 12.4. The van der Waals surface area contributed by atoms with Gasteiger partial charge in [0, 0.05) is 19.8 Å². The third-order valence-corrected chi connectivity index (χ3v) is 8.17. The molecule has 0 rings (SSSR count). The predicted molar refractivity (Wildman–Crippen MR) is 71.6 cm³/mol. The van der Waals surface area contributed by atoms with Crippen LogP contribution in [-0.2, 0) is 9.22 Å². The molecule has 0 radical (unpaired) electrons. The van der Waals surface area contributed by atoms with Gasteiger partial charge in [0.25, 0.3) is 0 Å². The molecule has 0 aliphatic rings. The Morgan fingerprint density at radius 3 is 1.77 bits per heavy atom. The van der Waals surface area contributed by atoms with Gasteiger partial charge in [0.05, 0.1) is 0 Å². The van der Waals surface area contributed by atoms with E-state index in [1.165, 1.54) is 14.0 Å². The molecule has 0 aliphatic carbocycles. The van der Waals surface area contributed by atoms with Crippen molar-refractivity contribution in [1.82, 2.24) is 4.90 Å². The van der Waals surface area contributed by atoms with Crippen molar-refractivity contribution in [3.63, 3.8) is 0 Å². The van der Waals surface area contributed by atoms with Crippen molar-refractivity contribution < 1.29 is 35.6 Å². The zero-order valence-corrected chi connectivity index (χ0v) is 14.1. The van der Waals surface area contributed by atoms with E-state index >= 15 is 0 Å². The van der Waals surface area contributed by atoms with E-state index in [4.69, 9.17) is 4.43 Å². The van der Waals surface area contributed by atoms with Gasteiger partial charge in [-0.15, -0.1) is 0 Å². The molecule has 132 valence electrons. The number of hydrogen-bond acceptors (Lipinski definition) is 2. The normalized spacial score (nSPS) is 16.0. The van der Waals surface area contributed by atoms with Crippen molar-refractivity contribution in [1.29, 1.82) is 0 Å². The van der Waals surface area contributed by atoms with Crippen LogP contribution < -0.4 is 0 Å². The van der Waals surface area contributed by atoms with Gasteiger partial charge in [0.1, 0.15) is 0 Å². The zero-order valence-electron chi connectivity index (χ0n) is 13.1. The lowest BCUT2D eigenvalue weighted by Crippen LogP contribution is -2.56. The van der Waals surface area contributed by atoms with Gasteiger partial charge in [0.2, 0.25) is 20.1 Å². The molecule has 0 aromatic heterocycles. The summed E-state index contributed by atoms with van der Waals surface area (Å²) in [6.07, 6.45) is -11.6. The van der Waals surface area contributed by atoms with E-state index in [2.05, 4.69) is 0 Å². The lowest BCUT2D eigenvalue weighted by molar-refractivity contribution is -0.277. The predicted octanol–water partition coefficient (Wildman–Crippen LogP) is 3.75. The summed E-state index contributed by atoms with van der Waals surface area (Å²) in [5, 5.41) is 0. The molecule has 0 aliphatic heterocycles. The summed E-state index contributed by atoms with van der Waals surface area (Å²) in [7, 11) is -1.28. The van der Waals surface area contributed by atoms with Crippen molar-refractivity contribution in [3.8, 4) is 0 Å². The molecule has 0 N–H and O–H groups in total. The molecule has 1 atom stereocenters. The number of amides is 1. The molecule has 0 spiro atoms. The van der Waals surface area contributed by atoms with Gasteiger partial charge in [-0.05, 0) is 19.0 Å². The maximum atomic E-state index is 12.6. The molecule has 3 nitrogen and oxygen atoms in total. The molecule has 0 bridgehead atoms. The monoisotopic (exact) mass is 353 g/mol. The summed E-state index contributed by atoms with van der Waals surface area (Å²) >= 11 is 0. The lowest BCUT2D eigenvalue weighted by atomic mass is 10.1.